The maximum atomic E-state index is 12.6. The van der Waals surface area contributed by atoms with Gasteiger partial charge in [-0.2, -0.15) is 5.10 Å². The second-order valence-corrected chi connectivity index (χ2v) is 4.80. The third kappa shape index (κ3) is 2.26. The largest absolute Gasteiger partial charge is 0.497 e. The van der Waals surface area contributed by atoms with E-state index in [4.69, 9.17) is 4.74 Å². The quantitative estimate of drug-likeness (QED) is 0.787. The Kier molecular flexibility index (Phi) is 3.17. The van der Waals surface area contributed by atoms with Gasteiger partial charge in [0.05, 0.1) is 30.4 Å². The van der Waals surface area contributed by atoms with E-state index in [1.54, 1.807) is 25.3 Å². The van der Waals surface area contributed by atoms with Crippen molar-refractivity contribution in [1.82, 2.24) is 24.7 Å². The highest BCUT2D eigenvalue weighted by molar-refractivity contribution is 5.78. The van der Waals surface area contributed by atoms with Crippen molar-refractivity contribution in [1.29, 1.82) is 0 Å². The Morgan fingerprint density at radius 3 is 2.86 bits per heavy atom. The molecule has 0 amide bonds. The first kappa shape index (κ1) is 13.3. The van der Waals surface area contributed by atoms with Gasteiger partial charge < -0.3 is 4.74 Å². The van der Waals surface area contributed by atoms with Gasteiger partial charge in [0.15, 0.2) is 5.82 Å². The lowest BCUT2D eigenvalue weighted by molar-refractivity contribution is 0.415. The van der Waals surface area contributed by atoms with Crippen LogP contribution in [0.25, 0.3) is 10.9 Å². The Morgan fingerprint density at radius 2 is 2.19 bits per heavy atom. The fourth-order valence-corrected chi connectivity index (χ4v) is 2.19. The van der Waals surface area contributed by atoms with E-state index >= 15 is 0 Å². The molecule has 1 aromatic carbocycles. The summed E-state index contributed by atoms with van der Waals surface area (Å²) in [6.45, 7) is 3.67. The Balaban J connectivity index is 2.15. The molecule has 0 bridgehead atoms. The van der Waals surface area contributed by atoms with Crippen molar-refractivity contribution in [2.45, 2.75) is 19.9 Å². The number of nitrogens with one attached hydrogen (secondary N) is 1. The molecule has 0 aliphatic carbocycles. The minimum absolute atomic E-state index is 0.145. The number of H-pyrrole nitrogens is 1. The van der Waals surface area contributed by atoms with Gasteiger partial charge in [0.1, 0.15) is 11.6 Å². The fraction of sp³-hybridized carbons (Fsp3) is 0.286. The molecule has 0 spiro atoms. The van der Waals surface area contributed by atoms with Gasteiger partial charge in [-0.05, 0) is 32.0 Å². The molecule has 0 aliphatic rings. The van der Waals surface area contributed by atoms with Crippen molar-refractivity contribution in [2.75, 3.05) is 7.11 Å². The Bertz CT molecular complexity index is 852. The van der Waals surface area contributed by atoms with Crippen molar-refractivity contribution in [3.8, 4) is 5.75 Å². The lowest BCUT2D eigenvalue weighted by atomic mass is 10.2. The molecule has 2 heterocycles. The van der Waals surface area contributed by atoms with E-state index in [1.165, 1.54) is 10.9 Å². The van der Waals surface area contributed by atoms with Gasteiger partial charge in [-0.25, -0.2) is 9.97 Å². The topological polar surface area (TPSA) is 85.7 Å². The van der Waals surface area contributed by atoms with Crippen LogP contribution in [-0.4, -0.2) is 31.8 Å². The summed E-state index contributed by atoms with van der Waals surface area (Å²) in [5.41, 5.74) is 0.490. The van der Waals surface area contributed by atoms with Crippen LogP contribution in [0, 0.1) is 6.92 Å². The lowest BCUT2D eigenvalue weighted by Gasteiger charge is -2.12. The van der Waals surface area contributed by atoms with Gasteiger partial charge >= 0.3 is 0 Å². The van der Waals surface area contributed by atoms with Crippen molar-refractivity contribution in [3.05, 3.63) is 46.5 Å². The molecule has 1 N–H and O–H groups in total. The van der Waals surface area contributed by atoms with Gasteiger partial charge in [-0.1, -0.05) is 0 Å². The average Bonchev–Trinajstić information content (AvgIpc) is 2.93. The highest BCUT2D eigenvalue weighted by Crippen LogP contribution is 2.18. The third-order valence-corrected chi connectivity index (χ3v) is 3.40. The molecule has 2 aromatic heterocycles. The maximum Gasteiger partial charge on any atom is 0.261 e. The second-order valence-electron chi connectivity index (χ2n) is 4.80. The predicted octanol–water partition coefficient (Wildman–Crippen LogP) is 1.44. The molecular formula is C14H15N5O2. The first-order chi connectivity index (χ1) is 10.1. The molecule has 1 atom stereocenters. The molecule has 3 rings (SSSR count). The highest BCUT2D eigenvalue weighted by atomic mass is 16.5. The van der Waals surface area contributed by atoms with Gasteiger partial charge in [-0.15, -0.1) is 0 Å². The van der Waals surface area contributed by atoms with E-state index < -0.39 is 0 Å². The predicted molar refractivity (Wildman–Crippen MR) is 77.5 cm³/mol. The van der Waals surface area contributed by atoms with Gasteiger partial charge in [-0.3, -0.25) is 14.5 Å². The van der Waals surface area contributed by atoms with Gasteiger partial charge in [0, 0.05) is 0 Å². The molecule has 0 radical (unpaired) electrons. The number of methoxy groups -OCH3 is 1. The lowest BCUT2D eigenvalue weighted by Crippen LogP contribution is -2.25. The second kappa shape index (κ2) is 5.01. The Morgan fingerprint density at radius 1 is 1.38 bits per heavy atom. The van der Waals surface area contributed by atoms with E-state index in [0.29, 0.717) is 28.3 Å². The van der Waals surface area contributed by atoms with Crippen LogP contribution >= 0.6 is 0 Å². The summed E-state index contributed by atoms with van der Waals surface area (Å²) in [4.78, 5) is 21.2. The number of benzene rings is 1. The molecule has 0 saturated carbocycles. The smallest absolute Gasteiger partial charge is 0.261 e. The number of rotatable bonds is 3. The zero-order chi connectivity index (χ0) is 15.0. The number of ether oxygens (including phenoxy) is 1. The van der Waals surface area contributed by atoms with E-state index in [2.05, 4.69) is 20.2 Å². The first-order valence-electron chi connectivity index (χ1n) is 6.54. The normalized spacial score (nSPS) is 12.5. The van der Waals surface area contributed by atoms with E-state index in [-0.39, 0.29) is 11.6 Å². The number of aromatic nitrogens is 5. The molecular weight excluding hydrogens is 270 g/mol. The zero-order valence-electron chi connectivity index (χ0n) is 12.0. The molecule has 7 heteroatoms. The minimum Gasteiger partial charge on any atom is -0.497 e. The average molecular weight is 285 g/mol. The van der Waals surface area contributed by atoms with E-state index in [9.17, 15) is 4.79 Å². The zero-order valence-corrected chi connectivity index (χ0v) is 12.0. The monoisotopic (exact) mass is 285 g/mol. The van der Waals surface area contributed by atoms with Crippen LogP contribution in [0.2, 0.25) is 0 Å². The number of aromatic amines is 1. The van der Waals surface area contributed by atoms with Crippen molar-refractivity contribution < 1.29 is 4.74 Å². The molecule has 0 saturated heterocycles. The number of hydrogen-bond donors (Lipinski definition) is 1. The van der Waals surface area contributed by atoms with Crippen LogP contribution in [-0.2, 0) is 0 Å². The van der Waals surface area contributed by atoms with Crippen molar-refractivity contribution >= 4 is 10.9 Å². The summed E-state index contributed by atoms with van der Waals surface area (Å²) < 4.78 is 6.68. The number of hydrogen-bond acceptors (Lipinski definition) is 5. The fourth-order valence-electron chi connectivity index (χ4n) is 2.19. The summed E-state index contributed by atoms with van der Waals surface area (Å²) in [6, 6.07) is 4.94. The van der Waals surface area contributed by atoms with Crippen LogP contribution in [0.1, 0.15) is 24.6 Å². The molecule has 0 fully saturated rings. The minimum atomic E-state index is -0.300. The number of nitrogens with zero attached hydrogens (tertiary/aromatic N) is 4. The summed E-state index contributed by atoms with van der Waals surface area (Å²) >= 11 is 0. The summed E-state index contributed by atoms with van der Waals surface area (Å²) in [5, 5.41) is 7.39. The van der Waals surface area contributed by atoms with E-state index in [1.807, 2.05) is 13.8 Å². The molecule has 108 valence electrons. The highest BCUT2D eigenvalue weighted by Gasteiger charge is 2.16. The van der Waals surface area contributed by atoms with Crippen LogP contribution in [0.3, 0.4) is 0 Å². The number of aryl methyl sites for hydroxylation is 1. The summed E-state index contributed by atoms with van der Waals surface area (Å²) in [6.07, 6.45) is 1.52. The first-order valence-corrected chi connectivity index (χ1v) is 6.54. The number of fused-ring (bicyclic) bond motifs is 1. The maximum absolute atomic E-state index is 12.6. The standard InChI is InChI=1S/C14H15N5O2/c1-8(13-16-9(2)17-18-13)19-7-15-12-5-4-10(21-3)6-11(12)14(19)20/h4-8H,1-3H3,(H,16,17,18)/t8-/m0/s1. The summed E-state index contributed by atoms with van der Waals surface area (Å²) in [7, 11) is 1.56. The molecule has 7 nitrogen and oxygen atoms in total. The van der Waals surface area contributed by atoms with E-state index in [0.717, 1.165) is 0 Å². The molecule has 3 aromatic rings. The van der Waals surface area contributed by atoms with Crippen molar-refractivity contribution in [2.24, 2.45) is 0 Å². The van der Waals surface area contributed by atoms with Gasteiger partial charge in [0.2, 0.25) is 0 Å². The van der Waals surface area contributed by atoms with Crippen LogP contribution in [0.4, 0.5) is 0 Å². The molecule has 0 unspecified atom stereocenters. The summed E-state index contributed by atoms with van der Waals surface area (Å²) in [5.74, 6) is 1.89. The van der Waals surface area contributed by atoms with Crippen LogP contribution in [0.5, 0.6) is 5.75 Å². The van der Waals surface area contributed by atoms with Crippen LogP contribution < -0.4 is 10.3 Å². The molecule has 21 heavy (non-hydrogen) atoms. The Hall–Kier alpha value is -2.70. The SMILES string of the molecule is COc1ccc2ncn([C@@H](C)c3n[nH]c(C)n3)c(=O)c2c1. The Labute approximate surface area is 120 Å². The third-order valence-electron chi connectivity index (χ3n) is 3.40. The molecule has 0 aliphatic heterocycles. The van der Waals surface area contributed by atoms with Crippen molar-refractivity contribution in [3.63, 3.8) is 0 Å². The van der Waals surface area contributed by atoms with Gasteiger partial charge in [0.25, 0.3) is 5.56 Å². The van der Waals surface area contributed by atoms with Crippen LogP contribution in [0.15, 0.2) is 29.3 Å².